The zero-order valence-electron chi connectivity index (χ0n) is 19.0. The normalized spacial score (nSPS) is 18.8. The fraction of sp³-hybridized carbons (Fsp3) is 0.500. The fourth-order valence-corrected chi connectivity index (χ4v) is 4.44. The number of amides is 2. The van der Waals surface area contributed by atoms with Crippen LogP contribution in [0.25, 0.3) is 0 Å². The van der Waals surface area contributed by atoms with Gasteiger partial charge in [-0.1, -0.05) is 12.1 Å². The van der Waals surface area contributed by atoms with Crippen molar-refractivity contribution in [1.29, 1.82) is 0 Å². The number of nitrogens with zero attached hydrogens (tertiary/aromatic N) is 4. The fourth-order valence-electron chi connectivity index (χ4n) is 4.44. The van der Waals surface area contributed by atoms with E-state index < -0.39 is 5.60 Å². The van der Waals surface area contributed by atoms with Gasteiger partial charge in [-0.2, -0.15) is 0 Å². The SMILES string of the molecule is COC(C)(C)C(=O)N1CCCC1c1nc(C)c2c(n1)N(Cc1cccc(F)c1)C(=O)CC2. The molecule has 1 aromatic heterocycles. The molecule has 0 bridgehead atoms. The lowest BCUT2D eigenvalue weighted by atomic mass is 10.0. The molecule has 0 aliphatic carbocycles. The summed E-state index contributed by atoms with van der Waals surface area (Å²) in [6.45, 7) is 6.28. The van der Waals surface area contributed by atoms with Gasteiger partial charge in [-0.05, 0) is 57.7 Å². The Bertz CT molecular complexity index is 1060. The van der Waals surface area contributed by atoms with Crippen LogP contribution in [0, 0.1) is 12.7 Å². The Morgan fingerprint density at radius 2 is 2.06 bits per heavy atom. The predicted octanol–water partition coefficient (Wildman–Crippen LogP) is 3.49. The summed E-state index contributed by atoms with van der Waals surface area (Å²) in [5.41, 5.74) is 1.50. The van der Waals surface area contributed by atoms with E-state index >= 15 is 0 Å². The molecule has 2 amide bonds. The van der Waals surface area contributed by atoms with Gasteiger partial charge in [-0.3, -0.25) is 14.5 Å². The van der Waals surface area contributed by atoms with E-state index in [0.29, 0.717) is 36.6 Å². The maximum atomic E-state index is 13.7. The minimum atomic E-state index is -0.939. The molecule has 1 fully saturated rings. The van der Waals surface area contributed by atoms with Crippen molar-refractivity contribution in [3.8, 4) is 0 Å². The predicted molar refractivity (Wildman–Crippen MR) is 117 cm³/mol. The molecule has 4 rings (SSSR count). The first-order valence-corrected chi connectivity index (χ1v) is 11.0. The van der Waals surface area contributed by atoms with Gasteiger partial charge in [0.1, 0.15) is 17.2 Å². The van der Waals surface area contributed by atoms with Crippen molar-refractivity contribution in [2.75, 3.05) is 18.6 Å². The summed E-state index contributed by atoms with van der Waals surface area (Å²) in [4.78, 5) is 38.9. The molecule has 2 aliphatic heterocycles. The Balaban J connectivity index is 1.71. The first-order valence-electron chi connectivity index (χ1n) is 11.0. The van der Waals surface area contributed by atoms with E-state index in [9.17, 15) is 14.0 Å². The monoisotopic (exact) mass is 440 g/mol. The molecule has 7 nitrogen and oxygen atoms in total. The summed E-state index contributed by atoms with van der Waals surface area (Å²) in [6, 6.07) is 5.97. The highest BCUT2D eigenvalue weighted by molar-refractivity contribution is 5.95. The topological polar surface area (TPSA) is 75.6 Å². The van der Waals surface area contributed by atoms with Gasteiger partial charge < -0.3 is 9.64 Å². The number of rotatable bonds is 5. The molecule has 0 spiro atoms. The quantitative estimate of drug-likeness (QED) is 0.712. The number of ether oxygens (including phenoxy) is 1. The molecule has 3 heterocycles. The second-order valence-electron chi connectivity index (χ2n) is 8.95. The Hall–Kier alpha value is -2.87. The van der Waals surface area contributed by atoms with Crippen LogP contribution in [0.15, 0.2) is 24.3 Å². The second kappa shape index (κ2) is 8.58. The third-order valence-corrected chi connectivity index (χ3v) is 6.42. The van der Waals surface area contributed by atoms with E-state index in [1.807, 2.05) is 6.92 Å². The van der Waals surface area contributed by atoms with E-state index in [1.165, 1.54) is 19.2 Å². The minimum absolute atomic E-state index is 0.0503. The molecule has 0 saturated carbocycles. The lowest BCUT2D eigenvalue weighted by Gasteiger charge is -2.33. The Labute approximate surface area is 187 Å². The first kappa shape index (κ1) is 22.3. The molecule has 1 aromatic carbocycles. The van der Waals surface area contributed by atoms with Crippen molar-refractivity contribution in [2.24, 2.45) is 0 Å². The summed E-state index contributed by atoms with van der Waals surface area (Å²) in [5.74, 6) is 0.615. The van der Waals surface area contributed by atoms with E-state index in [1.54, 1.807) is 35.8 Å². The summed E-state index contributed by atoms with van der Waals surface area (Å²) in [7, 11) is 1.53. The van der Waals surface area contributed by atoms with Crippen LogP contribution in [0.3, 0.4) is 0 Å². The number of hydrogen-bond acceptors (Lipinski definition) is 5. The minimum Gasteiger partial charge on any atom is -0.369 e. The largest absolute Gasteiger partial charge is 0.369 e. The van der Waals surface area contributed by atoms with Gasteiger partial charge in [0.15, 0.2) is 5.82 Å². The van der Waals surface area contributed by atoms with Gasteiger partial charge in [-0.25, -0.2) is 14.4 Å². The van der Waals surface area contributed by atoms with E-state index in [0.717, 1.165) is 24.1 Å². The number of methoxy groups -OCH3 is 1. The van der Waals surface area contributed by atoms with Crippen molar-refractivity contribution in [3.05, 3.63) is 52.7 Å². The Morgan fingerprint density at radius 1 is 1.28 bits per heavy atom. The van der Waals surface area contributed by atoms with Crippen LogP contribution in [0.5, 0.6) is 0 Å². The summed E-state index contributed by atoms with van der Waals surface area (Å²) < 4.78 is 19.1. The highest BCUT2D eigenvalue weighted by Gasteiger charge is 2.40. The molecule has 170 valence electrons. The van der Waals surface area contributed by atoms with Crippen molar-refractivity contribution >= 4 is 17.6 Å². The lowest BCUT2D eigenvalue weighted by molar-refractivity contribution is -0.152. The van der Waals surface area contributed by atoms with E-state index in [-0.39, 0.29) is 30.2 Å². The molecule has 2 aliphatic rings. The molecular formula is C24H29FN4O3. The Kier molecular flexibility index (Phi) is 5.99. The van der Waals surface area contributed by atoms with Crippen molar-refractivity contribution in [1.82, 2.24) is 14.9 Å². The van der Waals surface area contributed by atoms with Crippen LogP contribution in [-0.2, 0) is 27.3 Å². The molecule has 32 heavy (non-hydrogen) atoms. The zero-order chi connectivity index (χ0) is 23.0. The smallest absolute Gasteiger partial charge is 0.254 e. The number of benzene rings is 1. The van der Waals surface area contributed by atoms with Gasteiger partial charge >= 0.3 is 0 Å². The number of anilines is 1. The first-order chi connectivity index (χ1) is 15.2. The third-order valence-electron chi connectivity index (χ3n) is 6.42. The standard InChI is InChI=1S/C24H29FN4O3/c1-15-18-10-11-20(30)29(14-16-7-5-8-17(25)13-16)22(18)27-21(26-15)19-9-6-12-28(19)23(31)24(2,3)32-4/h5,7-8,13,19H,6,9-12,14H2,1-4H3. The Morgan fingerprint density at radius 3 is 2.78 bits per heavy atom. The molecule has 1 saturated heterocycles. The molecule has 1 unspecified atom stereocenters. The lowest BCUT2D eigenvalue weighted by Crippen LogP contribution is -2.46. The number of fused-ring (bicyclic) bond motifs is 1. The average Bonchev–Trinajstić information content (AvgIpc) is 3.25. The summed E-state index contributed by atoms with van der Waals surface area (Å²) >= 11 is 0. The van der Waals surface area contributed by atoms with Gasteiger partial charge in [0.25, 0.3) is 5.91 Å². The number of likely N-dealkylation sites (tertiary alicyclic amines) is 1. The average molecular weight is 441 g/mol. The van der Waals surface area contributed by atoms with Gasteiger partial charge in [-0.15, -0.1) is 0 Å². The maximum Gasteiger partial charge on any atom is 0.254 e. The molecule has 8 heteroatoms. The van der Waals surface area contributed by atoms with Crippen LogP contribution in [-0.4, -0.2) is 45.9 Å². The number of carbonyl (C=O) groups excluding carboxylic acids is 2. The summed E-state index contributed by atoms with van der Waals surface area (Å²) in [6.07, 6.45) is 2.54. The third kappa shape index (κ3) is 4.11. The molecule has 1 atom stereocenters. The number of hydrogen-bond donors (Lipinski definition) is 0. The number of carbonyl (C=O) groups is 2. The van der Waals surface area contributed by atoms with Crippen LogP contribution in [0.1, 0.15) is 61.8 Å². The molecule has 2 aromatic rings. The number of halogens is 1. The van der Waals surface area contributed by atoms with Gasteiger partial charge in [0.05, 0.1) is 12.6 Å². The van der Waals surface area contributed by atoms with Crippen LogP contribution < -0.4 is 4.90 Å². The zero-order valence-corrected chi connectivity index (χ0v) is 19.0. The van der Waals surface area contributed by atoms with Gasteiger partial charge in [0.2, 0.25) is 5.91 Å². The number of aromatic nitrogens is 2. The molecule has 0 N–H and O–H groups in total. The summed E-state index contributed by atoms with van der Waals surface area (Å²) in [5, 5.41) is 0. The second-order valence-corrected chi connectivity index (χ2v) is 8.95. The van der Waals surface area contributed by atoms with Crippen LogP contribution >= 0.6 is 0 Å². The van der Waals surface area contributed by atoms with E-state index in [2.05, 4.69) is 0 Å². The number of aryl methyl sites for hydroxylation is 1. The molecular weight excluding hydrogens is 411 g/mol. The van der Waals surface area contributed by atoms with Crippen molar-refractivity contribution < 1.29 is 18.7 Å². The van der Waals surface area contributed by atoms with Crippen LogP contribution in [0.4, 0.5) is 10.2 Å². The van der Waals surface area contributed by atoms with Crippen molar-refractivity contribution in [2.45, 2.75) is 64.6 Å². The van der Waals surface area contributed by atoms with Crippen molar-refractivity contribution in [3.63, 3.8) is 0 Å². The highest BCUT2D eigenvalue weighted by atomic mass is 19.1. The van der Waals surface area contributed by atoms with Gasteiger partial charge in [0, 0.05) is 31.3 Å². The highest BCUT2D eigenvalue weighted by Crippen LogP contribution is 2.36. The molecule has 0 radical (unpaired) electrons. The maximum absolute atomic E-state index is 13.7. The van der Waals surface area contributed by atoms with Crippen LogP contribution in [0.2, 0.25) is 0 Å². The van der Waals surface area contributed by atoms with E-state index in [4.69, 9.17) is 14.7 Å².